The minimum Gasteiger partial charge on any atom is -0.490 e. The number of aromatic nitrogens is 2. The van der Waals surface area contributed by atoms with Gasteiger partial charge in [0.2, 0.25) is 0 Å². The van der Waals surface area contributed by atoms with Gasteiger partial charge in [-0.3, -0.25) is 4.79 Å². The van der Waals surface area contributed by atoms with Gasteiger partial charge in [0.1, 0.15) is 5.82 Å². The highest BCUT2D eigenvalue weighted by Gasteiger charge is 2.14. The number of hydrogen-bond donors (Lipinski definition) is 1. The fourth-order valence-corrected chi connectivity index (χ4v) is 4.17. The SMILES string of the molecule is CCCc1nc2ccc(Br)cc2c(=O)n1N=Cc1cc(I)c(OCC(=O)O)c(OCC)c1. The molecule has 0 spiro atoms. The summed E-state index contributed by atoms with van der Waals surface area (Å²) in [6.45, 7) is 3.74. The Balaban J connectivity index is 2.06. The van der Waals surface area contributed by atoms with Gasteiger partial charge in [0.25, 0.3) is 5.56 Å². The summed E-state index contributed by atoms with van der Waals surface area (Å²) in [5, 5.41) is 13.8. The maximum atomic E-state index is 13.1. The van der Waals surface area contributed by atoms with Gasteiger partial charge >= 0.3 is 5.97 Å². The number of carboxylic acids is 1. The van der Waals surface area contributed by atoms with Gasteiger partial charge in [0, 0.05) is 10.9 Å². The first kappa shape index (κ1) is 24.2. The molecule has 0 saturated heterocycles. The standard InChI is InChI=1S/C22H21BrIN3O5/c1-3-5-19-26-17-7-6-14(23)10-15(17)22(30)27(19)25-11-13-8-16(24)21(32-12-20(28)29)18(9-13)31-4-2/h6-11H,3-5,12H2,1-2H3,(H,28,29). The molecule has 1 heterocycles. The van der Waals surface area contributed by atoms with Crippen molar-refractivity contribution in [2.24, 2.45) is 5.10 Å². The maximum Gasteiger partial charge on any atom is 0.341 e. The monoisotopic (exact) mass is 613 g/mol. The first-order valence-electron chi connectivity index (χ1n) is 9.90. The van der Waals surface area contributed by atoms with E-state index in [0.29, 0.717) is 50.4 Å². The van der Waals surface area contributed by atoms with Crippen LogP contribution in [0.1, 0.15) is 31.7 Å². The van der Waals surface area contributed by atoms with Crippen LogP contribution in [0, 0.1) is 3.57 Å². The second kappa shape index (κ2) is 10.9. The van der Waals surface area contributed by atoms with E-state index in [9.17, 15) is 9.59 Å². The summed E-state index contributed by atoms with van der Waals surface area (Å²) in [6, 6.07) is 8.86. The Bertz CT molecular complexity index is 1240. The van der Waals surface area contributed by atoms with Crippen LogP contribution in [0.15, 0.2) is 44.7 Å². The zero-order valence-corrected chi connectivity index (χ0v) is 21.2. The van der Waals surface area contributed by atoms with Gasteiger partial charge in [-0.15, -0.1) is 0 Å². The van der Waals surface area contributed by atoms with Gasteiger partial charge in [-0.1, -0.05) is 22.9 Å². The molecule has 0 aliphatic carbocycles. The van der Waals surface area contributed by atoms with Crippen LogP contribution in [0.2, 0.25) is 0 Å². The number of carbonyl (C=O) groups is 1. The lowest BCUT2D eigenvalue weighted by molar-refractivity contribution is -0.139. The molecule has 0 unspecified atom stereocenters. The average molecular weight is 614 g/mol. The Labute approximate surface area is 206 Å². The second-order valence-electron chi connectivity index (χ2n) is 6.75. The number of ether oxygens (including phenoxy) is 2. The lowest BCUT2D eigenvalue weighted by Crippen LogP contribution is -2.22. The molecule has 0 radical (unpaired) electrons. The largest absolute Gasteiger partial charge is 0.490 e. The number of carboxylic acid groups (broad SMARTS) is 1. The Morgan fingerprint density at radius 1 is 1.28 bits per heavy atom. The molecule has 168 valence electrons. The van der Waals surface area contributed by atoms with Gasteiger partial charge in [-0.25, -0.2) is 9.78 Å². The normalized spacial score (nSPS) is 11.2. The topological polar surface area (TPSA) is 103 Å². The van der Waals surface area contributed by atoms with Gasteiger partial charge in [0.05, 0.1) is 27.3 Å². The predicted octanol–water partition coefficient (Wildman–Crippen LogP) is 4.46. The molecule has 0 amide bonds. The molecule has 0 atom stereocenters. The smallest absolute Gasteiger partial charge is 0.341 e. The van der Waals surface area contributed by atoms with Crippen LogP contribution in [-0.4, -0.2) is 40.2 Å². The van der Waals surface area contributed by atoms with Gasteiger partial charge < -0.3 is 14.6 Å². The van der Waals surface area contributed by atoms with Crippen LogP contribution in [-0.2, 0) is 11.2 Å². The number of rotatable bonds is 9. The minimum absolute atomic E-state index is 0.253. The van der Waals surface area contributed by atoms with E-state index in [4.69, 9.17) is 14.6 Å². The third-order valence-electron chi connectivity index (χ3n) is 4.34. The highest BCUT2D eigenvalue weighted by Crippen LogP contribution is 2.34. The molecule has 0 aliphatic heterocycles. The number of aliphatic carboxylic acids is 1. The van der Waals surface area contributed by atoms with Gasteiger partial charge in [-0.2, -0.15) is 9.78 Å². The van der Waals surface area contributed by atoms with Crippen molar-refractivity contribution >= 4 is 61.6 Å². The number of nitrogens with zero attached hydrogens (tertiary/aromatic N) is 3. The van der Waals surface area contributed by atoms with Crippen molar-refractivity contribution in [3.05, 3.63) is 60.1 Å². The first-order chi connectivity index (χ1) is 15.3. The fraction of sp³-hybridized carbons (Fsp3) is 0.273. The highest BCUT2D eigenvalue weighted by molar-refractivity contribution is 14.1. The Hall–Kier alpha value is -2.47. The highest BCUT2D eigenvalue weighted by atomic mass is 127. The fourth-order valence-electron chi connectivity index (χ4n) is 3.02. The molecule has 0 bridgehead atoms. The van der Waals surface area contributed by atoms with Crippen LogP contribution in [0.4, 0.5) is 0 Å². The predicted molar refractivity (Wildman–Crippen MR) is 134 cm³/mol. The van der Waals surface area contributed by atoms with Crippen molar-refractivity contribution in [2.75, 3.05) is 13.2 Å². The van der Waals surface area contributed by atoms with Crippen molar-refractivity contribution in [2.45, 2.75) is 26.7 Å². The Kier molecular flexibility index (Phi) is 8.24. The molecule has 0 saturated carbocycles. The Morgan fingerprint density at radius 3 is 2.75 bits per heavy atom. The van der Waals surface area contributed by atoms with Crippen LogP contribution in [0.5, 0.6) is 11.5 Å². The molecule has 10 heteroatoms. The van der Waals surface area contributed by atoms with Crippen LogP contribution in [0.25, 0.3) is 10.9 Å². The van der Waals surface area contributed by atoms with Gasteiger partial charge in [-0.05, 0) is 71.8 Å². The van der Waals surface area contributed by atoms with E-state index in [1.807, 2.05) is 42.5 Å². The molecule has 0 aliphatic rings. The quantitative estimate of drug-likeness (QED) is 0.282. The van der Waals surface area contributed by atoms with E-state index in [1.54, 1.807) is 30.5 Å². The minimum atomic E-state index is -1.08. The summed E-state index contributed by atoms with van der Waals surface area (Å²) in [7, 11) is 0. The molecule has 8 nitrogen and oxygen atoms in total. The molecule has 1 N–H and O–H groups in total. The summed E-state index contributed by atoms with van der Waals surface area (Å²) in [5.41, 5.74) is 1.04. The lowest BCUT2D eigenvalue weighted by Gasteiger charge is -2.13. The molecule has 3 aromatic rings. The van der Waals surface area contributed by atoms with Crippen LogP contribution in [0.3, 0.4) is 0 Å². The number of hydrogen-bond acceptors (Lipinski definition) is 6. The van der Waals surface area contributed by atoms with Crippen molar-refractivity contribution in [3.63, 3.8) is 0 Å². The van der Waals surface area contributed by atoms with Crippen LogP contribution >= 0.6 is 38.5 Å². The number of fused-ring (bicyclic) bond motifs is 1. The van der Waals surface area contributed by atoms with E-state index in [1.165, 1.54) is 4.68 Å². The lowest BCUT2D eigenvalue weighted by atomic mass is 10.2. The number of halogens is 2. The van der Waals surface area contributed by atoms with Crippen molar-refractivity contribution in [1.29, 1.82) is 0 Å². The van der Waals surface area contributed by atoms with Crippen molar-refractivity contribution < 1.29 is 19.4 Å². The molecule has 0 fully saturated rings. The molecule has 1 aromatic heterocycles. The summed E-state index contributed by atoms with van der Waals surface area (Å²) in [4.78, 5) is 28.6. The third kappa shape index (κ3) is 5.66. The molecule has 32 heavy (non-hydrogen) atoms. The summed E-state index contributed by atoms with van der Waals surface area (Å²) < 4.78 is 13.8. The summed E-state index contributed by atoms with van der Waals surface area (Å²) >= 11 is 5.45. The maximum absolute atomic E-state index is 13.1. The van der Waals surface area contributed by atoms with Crippen molar-refractivity contribution in [1.82, 2.24) is 9.66 Å². The second-order valence-corrected chi connectivity index (χ2v) is 8.82. The van der Waals surface area contributed by atoms with Crippen molar-refractivity contribution in [3.8, 4) is 11.5 Å². The van der Waals surface area contributed by atoms with E-state index < -0.39 is 12.6 Å². The van der Waals surface area contributed by atoms with E-state index >= 15 is 0 Å². The van der Waals surface area contributed by atoms with E-state index in [0.717, 1.165) is 10.9 Å². The average Bonchev–Trinajstić information content (AvgIpc) is 2.74. The summed E-state index contributed by atoms with van der Waals surface area (Å²) in [6.07, 6.45) is 2.96. The zero-order chi connectivity index (χ0) is 23.3. The molecular weight excluding hydrogens is 593 g/mol. The number of benzene rings is 2. The van der Waals surface area contributed by atoms with Gasteiger partial charge in [0.15, 0.2) is 18.1 Å². The molecule has 2 aromatic carbocycles. The molecular formula is C22H21BrIN3O5. The Morgan fingerprint density at radius 2 is 2.06 bits per heavy atom. The van der Waals surface area contributed by atoms with E-state index in [2.05, 4.69) is 26.0 Å². The van der Waals surface area contributed by atoms with E-state index in [-0.39, 0.29) is 5.56 Å². The summed E-state index contributed by atoms with van der Waals surface area (Å²) in [5.74, 6) is 0.258. The third-order valence-corrected chi connectivity index (χ3v) is 5.64. The first-order valence-corrected chi connectivity index (χ1v) is 11.8. The van der Waals surface area contributed by atoms with Crippen LogP contribution < -0.4 is 15.0 Å². The molecule has 3 rings (SSSR count). The number of aryl methyl sites for hydroxylation is 1. The zero-order valence-electron chi connectivity index (χ0n) is 17.5.